The molecule has 0 spiro atoms. The van der Waals surface area contributed by atoms with Crippen molar-refractivity contribution in [2.24, 2.45) is 39.9 Å². The number of hydrogen-bond acceptors (Lipinski definition) is 8. The molecule has 346 valence electrons. The number of carboxylic acid groups (broad SMARTS) is 4. The Labute approximate surface area is 363 Å². The predicted molar refractivity (Wildman–Crippen MR) is 237 cm³/mol. The van der Waals surface area contributed by atoms with Gasteiger partial charge in [-0.15, -0.1) is 0 Å². The van der Waals surface area contributed by atoms with Crippen LogP contribution in [0.5, 0.6) is 0 Å². The van der Waals surface area contributed by atoms with Crippen molar-refractivity contribution in [3.8, 4) is 0 Å². The molecule has 4 N–H and O–H groups in total. The van der Waals surface area contributed by atoms with E-state index in [9.17, 15) is 25.2 Å². The number of carboxylic acids is 4. The molecule has 60 heavy (non-hydrogen) atoms. The molecular formula is C48H86N4O8. The largest absolute Gasteiger partial charge is 0.481 e. The van der Waals surface area contributed by atoms with Crippen molar-refractivity contribution in [3.63, 3.8) is 0 Å². The molecule has 0 aromatic carbocycles. The standard InChI is InChI=1S/C48H86N4O8/c1-38(2)25-21-30(42(9,10)49(38)17)46(35(55)56,29-34(53)54)48(37(59)60,33-24-28-41(7,8)52(20)45(33,15)16)47(36(57)58,31-22-26-39(3,4)50(18)43(31,11)12)32-23-27-40(5,6)51(19)44(32,13)14/h30-33H,21-29H2,1-20H3,(H,53,54)(H,55,56)(H,57,58)(H,59,60). The number of aliphatic carboxylic acids is 4. The molecule has 4 saturated heterocycles. The fourth-order valence-corrected chi connectivity index (χ4v) is 15.2. The highest BCUT2D eigenvalue weighted by Gasteiger charge is 2.86. The van der Waals surface area contributed by atoms with Crippen LogP contribution in [0, 0.1) is 39.9 Å². The smallest absolute Gasteiger partial charge is 0.312 e. The van der Waals surface area contributed by atoms with Crippen LogP contribution >= 0.6 is 0 Å². The quantitative estimate of drug-likeness (QED) is 0.158. The van der Waals surface area contributed by atoms with E-state index in [1.165, 1.54) is 0 Å². The van der Waals surface area contributed by atoms with Crippen molar-refractivity contribution in [2.45, 2.75) is 213 Å². The van der Waals surface area contributed by atoms with Crippen LogP contribution < -0.4 is 0 Å². The van der Waals surface area contributed by atoms with Gasteiger partial charge < -0.3 is 20.4 Å². The minimum absolute atomic E-state index is 0.192. The minimum atomic E-state index is -2.71. The van der Waals surface area contributed by atoms with Gasteiger partial charge in [0.05, 0.1) is 11.8 Å². The Balaban J connectivity index is 2.54. The molecule has 0 aliphatic carbocycles. The van der Waals surface area contributed by atoms with Crippen LogP contribution in [0.1, 0.15) is 169 Å². The molecule has 4 aliphatic heterocycles. The van der Waals surface area contributed by atoms with Gasteiger partial charge in [0, 0.05) is 44.3 Å². The summed E-state index contributed by atoms with van der Waals surface area (Å²) in [4.78, 5) is 70.3. The molecule has 0 aromatic heterocycles. The van der Waals surface area contributed by atoms with Gasteiger partial charge in [0.15, 0.2) is 0 Å². The number of carbonyl (C=O) groups is 4. The van der Waals surface area contributed by atoms with Crippen LogP contribution in [0.4, 0.5) is 0 Å². The summed E-state index contributed by atoms with van der Waals surface area (Å²) in [5, 5.41) is 50.2. The van der Waals surface area contributed by atoms with Gasteiger partial charge >= 0.3 is 23.9 Å². The Kier molecular flexibility index (Phi) is 12.5. The first-order valence-corrected chi connectivity index (χ1v) is 22.6. The summed E-state index contributed by atoms with van der Waals surface area (Å²) in [7, 11) is 7.80. The lowest BCUT2D eigenvalue weighted by molar-refractivity contribution is -0.290. The highest BCUT2D eigenvalue weighted by atomic mass is 16.4. The van der Waals surface area contributed by atoms with Gasteiger partial charge in [0.1, 0.15) is 10.8 Å². The summed E-state index contributed by atoms with van der Waals surface area (Å²) >= 11 is 0. The zero-order valence-electron chi connectivity index (χ0n) is 41.4. The number of rotatable bonds is 11. The molecule has 4 rings (SSSR count). The van der Waals surface area contributed by atoms with Crippen molar-refractivity contribution in [1.82, 2.24) is 19.6 Å². The Morgan fingerprint density at radius 2 is 0.700 bits per heavy atom. The third kappa shape index (κ3) is 6.62. The van der Waals surface area contributed by atoms with Crippen molar-refractivity contribution < 1.29 is 39.6 Å². The fourth-order valence-electron chi connectivity index (χ4n) is 15.2. The third-order valence-corrected chi connectivity index (χ3v) is 19.8. The molecule has 0 amide bonds. The Morgan fingerprint density at radius 1 is 0.433 bits per heavy atom. The Bertz CT molecular complexity index is 1670. The lowest BCUT2D eigenvalue weighted by atomic mass is 9.30. The lowest BCUT2D eigenvalue weighted by Crippen LogP contribution is -2.83. The highest BCUT2D eigenvalue weighted by Crippen LogP contribution is 2.76. The van der Waals surface area contributed by atoms with Crippen LogP contribution in [0.3, 0.4) is 0 Å². The van der Waals surface area contributed by atoms with E-state index in [0.717, 1.165) is 0 Å². The number of likely N-dealkylation sites (tertiary alicyclic amines) is 4. The summed E-state index contributed by atoms with van der Waals surface area (Å²) in [6.07, 6.45) is 1.94. The van der Waals surface area contributed by atoms with Gasteiger partial charge in [-0.25, -0.2) is 0 Å². The summed E-state index contributed by atoms with van der Waals surface area (Å²) in [5.41, 5.74) is -13.6. The molecule has 6 atom stereocenters. The number of piperidine rings is 4. The summed E-state index contributed by atoms with van der Waals surface area (Å²) in [5.74, 6) is -9.94. The van der Waals surface area contributed by atoms with Gasteiger partial charge in [0.2, 0.25) is 0 Å². The third-order valence-electron chi connectivity index (χ3n) is 19.8. The monoisotopic (exact) mass is 847 g/mol. The molecule has 12 heteroatoms. The molecule has 4 fully saturated rings. The molecule has 0 bridgehead atoms. The second-order valence-corrected chi connectivity index (χ2v) is 24.6. The first kappa shape index (κ1) is 50.4. The van der Waals surface area contributed by atoms with E-state index in [4.69, 9.17) is 0 Å². The molecule has 4 aliphatic rings. The Morgan fingerprint density at radius 3 is 0.967 bits per heavy atom. The lowest BCUT2D eigenvalue weighted by Gasteiger charge is -2.74. The number of hydrogen-bond donors (Lipinski definition) is 4. The van der Waals surface area contributed by atoms with Gasteiger partial charge in [-0.1, -0.05) is 0 Å². The second kappa shape index (κ2) is 14.9. The predicted octanol–water partition coefficient (Wildman–Crippen LogP) is 8.27. The van der Waals surface area contributed by atoms with E-state index in [2.05, 4.69) is 75.0 Å². The average Bonchev–Trinajstić information content (AvgIpc) is 3.07. The first-order chi connectivity index (χ1) is 26.7. The SMILES string of the molecule is CN1C(C)(C)CCC(C(CC(=O)O)(C(=O)O)C(C(=O)O)(C2CCC(C)(C)N(C)C2(C)C)C(C(=O)O)(C2CCC(C)(C)N(C)C2(C)C)C2CCC(C)(C)N(C)C2(C)C)C1(C)C. The molecule has 0 radical (unpaired) electrons. The average molecular weight is 847 g/mol. The molecule has 0 aromatic rings. The maximum atomic E-state index is 16.2. The van der Waals surface area contributed by atoms with E-state index in [-0.39, 0.29) is 12.8 Å². The highest BCUT2D eigenvalue weighted by molar-refractivity contribution is 5.97. The summed E-state index contributed by atoms with van der Waals surface area (Å²) in [6.45, 7) is 32.5. The summed E-state index contributed by atoms with van der Waals surface area (Å²) < 4.78 is 0. The van der Waals surface area contributed by atoms with Crippen molar-refractivity contribution in [1.29, 1.82) is 0 Å². The maximum absolute atomic E-state index is 16.2. The van der Waals surface area contributed by atoms with E-state index in [1.807, 2.05) is 83.6 Å². The topological polar surface area (TPSA) is 162 Å². The number of nitrogens with zero attached hydrogens (tertiary/aromatic N) is 4. The molecule has 4 heterocycles. The minimum Gasteiger partial charge on any atom is -0.481 e. The Hall–Kier alpha value is -2.28. The van der Waals surface area contributed by atoms with Gasteiger partial charge in [-0.3, -0.25) is 38.8 Å². The molecule has 12 nitrogen and oxygen atoms in total. The maximum Gasteiger partial charge on any atom is 0.312 e. The van der Waals surface area contributed by atoms with E-state index < -0.39 is 115 Å². The zero-order chi connectivity index (χ0) is 46.8. The van der Waals surface area contributed by atoms with Gasteiger partial charge in [-0.05, 0) is 214 Å². The molecular weight excluding hydrogens is 761 g/mol. The van der Waals surface area contributed by atoms with Gasteiger partial charge in [-0.2, -0.15) is 0 Å². The van der Waals surface area contributed by atoms with Crippen LogP contribution in [-0.4, -0.2) is 136 Å². The van der Waals surface area contributed by atoms with Crippen molar-refractivity contribution in [2.75, 3.05) is 28.2 Å². The van der Waals surface area contributed by atoms with E-state index >= 15 is 14.4 Å². The van der Waals surface area contributed by atoms with Crippen molar-refractivity contribution >= 4 is 23.9 Å². The van der Waals surface area contributed by atoms with E-state index in [1.54, 1.807) is 0 Å². The fraction of sp³-hybridized carbons (Fsp3) is 0.917. The second-order valence-electron chi connectivity index (χ2n) is 24.6. The summed E-state index contributed by atoms with van der Waals surface area (Å²) in [6, 6.07) is 0. The molecule has 0 saturated carbocycles. The molecule has 6 unspecified atom stereocenters. The van der Waals surface area contributed by atoms with Gasteiger partial charge in [0.25, 0.3) is 0 Å². The van der Waals surface area contributed by atoms with Crippen LogP contribution in [0.2, 0.25) is 0 Å². The van der Waals surface area contributed by atoms with Crippen LogP contribution in [0.25, 0.3) is 0 Å². The van der Waals surface area contributed by atoms with E-state index in [0.29, 0.717) is 38.5 Å². The zero-order valence-corrected chi connectivity index (χ0v) is 41.4. The van der Waals surface area contributed by atoms with Crippen LogP contribution in [-0.2, 0) is 19.2 Å². The first-order valence-electron chi connectivity index (χ1n) is 22.6. The van der Waals surface area contributed by atoms with Crippen LogP contribution in [0.15, 0.2) is 0 Å². The van der Waals surface area contributed by atoms with Crippen molar-refractivity contribution in [3.05, 3.63) is 0 Å². The normalized spacial score (nSPS) is 34.3.